The van der Waals surface area contributed by atoms with Crippen LogP contribution in [0.4, 0.5) is 5.69 Å². The SMILES string of the molecule is CSc1ccc(N2CC(C(=O)N3CC[C@@H](N)C3)CC2=O)cc1. The van der Waals surface area contributed by atoms with E-state index in [1.807, 2.05) is 35.4 Å². The number of nitrogens with zero attached hydrogens (tertiary/aromatic N) is 2. The number of amides is 2. The second-order valence-corrected chi connectivity index (χ2v) is 6.82. The molecule has 0 bridgehead atoms. The largest absolute Gasteiger partial charge is 0.341 e. The Balaban J connectivity index is 1.68. The first kappa shape index (κ1) is 15.4. The van der Waals surface area contributed by atoms with Crippen LogP contribution in [-0.2, 0) is 9.59 Å². The molecule has 0 aliphatic carbocycles. The highest BCUT2D eigenvalue weighted by molar-refractivity contribution is 7.98. The molecule has 0 spiro atoms. The van der Waals surface area contributed by atoms with Crippen molar-refractivity contribution in [1.29, 1.82) is 0 Å². The molecule has 2 heterocycles. The van der Waals surface area contributed by atoms with Gasteiger partial charge in [0.25, 0.3) is 0 Å². The lowest BCUT2D eigenvalue weighted by atomic mass is 10.1. The molecule has 118 valence electrons. The van der Waals surface area contributed by atoms with Gasteiger partial charge in [-0.15, -0.1) is 11.8 Å². The number of carbonyl (C=O) groups is 2. The summed E-state index contributed by atoms with van der Waals surface area (Å²) in [6.45, 7) is 1.81. The van der Waals surface area contributed by atoms with Crippen molar-refractivity contribution in [2.45, 2.75) is 23.8 Å². The number of anilines is 1. The molecule has 0 radical (unpaired) electrons. The number of nitrogens with two attached hydrogens (primary N) is 1. The zero-order valence-corrected chi connectivity index (χ0v) is 13.5. The van der Waals surface area contributed by atoms with Gasteiger partial charge >= 0.3 is 0 Å². The molecule has 0 saturated carbocycles. The Bertz CT molecular complexity index is 575. The Morgan fingerprint density at radius 3 is 2.59 bits per heavy atom. The lowest BCUT2D eigenvalue weighted by Gasteiger charge is -2.21. The van der Waals surface area contributed by atoms with E-state index in [2.05, 4.69) is 0 Å². The fourth-order valence-electron chi connectivity index (χ4n) is 3.13. The van der Waals surface area contributed by atoms with Crippen LogP contribution in [-0.4, -0.2) is 48.6 Å². The summed E-state index contributed by atoms with van der Waals surface area (Å²) in [7, 11) is 0. The first-order chi connectivity index (χ1) is 10.6. The number of hydrogen-bond donors (Lipinski definition) is 1. The van der Waals surface area contributed by atoms with Crippen LogP contribution in [0.5, 0.6) is 0 Å². The van der Waals surface area contributed by atoms with Crippen LogP contribution in [0, 0.1) is 5.92 Å². The van der Waals surface area contributed by atoms with E-state index in [4.69, 9.17) is 5.73 Å². The van der Waals surface area contributed by atoms with E-state index in [1.54, 1.807) is 16.7 Å². The van der Waals surface area contributed by atoms with Gasteiger partial charge in [-0.25, -0.2) is 0 Å². The Kier molecular flexibility index (Phi) is 4.40. The highest BCUT2D eigenvalue weighted by Crippen LogP contribution is 2.28. The van der Waals surface area contributed by atoms with Crippen molar-refractivity contribution in [3.63, 3.8) is 0 Å². The van der Waals surface area contributed by atoms with Crippen molar-refractivity contribution >= 4 is 29.3 Å². The monoisotopic (exact) mass is 319 g/mol. The number of rotatable bonds is 3. The fraction of sp³-hybridized carbons (Fsp3) is 0.500. The molecule has 2 aliphatic rings. The number of benzene rings is 1. The average Bonchev–Trinajstić information content (AvgIpc) is 3.13. The predicted molar refractivity (Wildman–Crippen MR) is 87.9 cm³/mol. The van der Waals surface area contributed by atoms with E-state index in [-0.39, 0.29) is 23.8 Å². The van der Waals surface area contributed by atoms with E-state index in [1.165, 1.54) is 0 Å². The number of hydrogen-bond acceptors (Lipinski definition) is 4. The number of likely N-dealkylation sites (tertiary alicyclic amines) is 1. The molecule has 2 amide bonds. The highest BCUT2D eigenvalue weighted by atomic mass is 32.2. The molecule has 2 fully saturated rings. The van der Waals surface area contributed by atoms with Crippen LogP contribution in [0.15, 0.2) is 29.2 Å². The third kappa shape index (κ3) is 2.98. The van der Waals surface area contributed by atoms with Crippen LogP contribution in [0.25, 0.3) is 0 Å². The van der Waals surface area contributed by atoms with Crippen LogP contribution < -0.4 is 10.6 Å². The maximum Gasteiger partial charge on any atom is 0.228 e. The number of carbonyl (C=O) groups excluding carboxylic acids is 2. The number of thioether (sulfide) groups is 1. The quantitative estimate of drug-likeness (QED) is 0.853. The van der Waals surface area contributed by atoms with Gasteiger partial charge in [-0.1, -0.05) is 0 Å². The summed E-state index contributed by atoms with van der Waals surface area (Å²) in [6, 6.07) is 7.98. The zero-order chi connectivity index (χ0) is 15.7. The minimum absolute atomic E-state index is 0.0266. The normalized spacial score (nSPS) is 25.1. The molecule has 3 rings (SSSR count). The first-order valence-corrected chi connectivity index (χ1v) is 8.79. The Labute approximate surface area is 134 Å². The van der Waals surface area contributed by atoms with Gasteiger partial charge in [0, 0.05) is 42.7 Å². The van der Waals surface area contributed by atoms with Crippen molar-refractivity contribution in [2.24, 2.45) is 11.7 Å². The summed E-state index contributed by atoms with van der Waals surface area (Å²) in [4.78, 5) is 29.4. The van der Waals surface area contributed by atoms with Crippen molar-refractivity contribution in [1.82, 2.24) is 4.90 Å². The van der Waals surface area contributed by atoms with Crippen molar-refractivity contribution in [3.8, 4) is 0 Å². The summed E-state index contributed by atoms with van der Waals surface area (Å²) >= 11 is 1.67. The van der Waals surface area contributed by atoms with Crippen LogP contribution in [0.2, 0.25) is 0 Å². The average molecular weight is 319 g/mol. The van der Waals surface area contributed by atoms with Crippen molar-refractivity contribution < 1.29 is 9.59 Å². The van der Waals surface area contributed by atoms with E-state index in [0.717, 1.165) is 17.0 Å². The minimum Gasteiger partial charge on any atom is -0.341 e. The molecule has 1 unspecified atom stereocenters. The van der Waals surface area contributed by atoms with Crippen molar-refractivity contribution in [2.75, 3.05) is 30.8 Å². The molecular weight excluding hydrogens is 298 g/mol. The maximum atomic E-state index is 12.5. The topological polar surface area (TPSA) is 66.6 Å². The molecule has 1 aromatic carbocycles. The molecule has 22 heavy (non-hydrogen) atoms. The van der Waals surface area contributed by atoms with Gasteiger partial charge < -0.3 is 15.5 Å². The summed E-state index contributed by atoms with van der Waals surface area (Å²) in [6.07, 6.45) is 3.17. The standard InChI is InChI=1S/C16H21N3O2S/c1-22-14-4-2-13(3-5-14)19-9-11(8-15(19)20)16(21)18-7-6-12(17)10-18/h2-5,11-12H,6-10,17H2,1H3/t11?,12-/m1/s1. The second kappa shape index (κ2) is 6.30. The second-order valence-electron chi connectivity index (χ2n) is 5.94. The van der Waals surface area contributed by atoms with Gasteiger partial charge in [0.15, 0.2) is 0 Å². The maximum absolute atomic E-state index is 12.5. The van der Waals surface area contributed by atoms with Gasteiger partial charge in [0.05, 0.1) is 5.92 Å². The van der Waals surface area contributed by atoms with E-state index in [9.17, 15) is 9.59 Å². The molecule has 2 N–H and O–H groups in total. The highest BCUT2D eigenvalue weighted by Gasteiger charge is 2.38. The Morgan fingerprint density at radius 2 is 2.00 bits per heavy atom. The molecule has 5 nitrogen and oxygen atoms in total. The van der Waals surface area contributed by atoms with Gasteiger partial charge in [0.2, 0.25) is 11.8 Å². The Morgan fingerprint density at radius 1 is 1.27 bits per heavy atom. The predicted octanol–water partition coefficient (Wildman–Crippen LogP) is 1.32. The van der Waals surface area contributed by atoms with Crippen LogP contribution >= 0.6 is 11.8 Å². The zero-order valence-electron chi connectivity index (χ0n) is 12.7. The molecule has 1 aromatic rings. The molecule has 2 aliphatic heterocycles. The summed E-state index contributed by atoms with van der Waals surface area (Å²) in [5, 5.41) is 0. The summed E-state index contributed by atoms with van der Waals surface area (Å²) in [5.74, 6) is -0.138. The molecule has 2 saturated heterocycles. The van der Waals surface area contributed by atoms with E-state index >= 15 is 0 Å². The summed E-state index contributed by atoms with van der Waals surface area (Å²) < 4.78 is 0. The lowest BCUT2D eigenvalue weighted by molar-refractivity contribution is -0.134. The summed E-state index contributed by atoms with van der Waals surface area (Å²) in [5.41, 5.74) is 6.73. The molecule has 2 atom stereocenters. The molecular formula is C16H21N3O2S. The third-order valence-electron chi connectivity index (χ3n) is 4.39. The van der Waals surface area contributed by atoms with Crippen LogP contribution in [0.1, 0.15) is 12.8 Å². The van der Waals surface area contributed by atoms with Gasteiger partial charge in [0.1, 0.15) is 0 Å². The Hall–Kier alpha value is -1.53. The third-order valence-corrected chi connectivity index (χ3v) is 5.14. The van der Waals surface area contributed by atoms with E-state index < -0.39 is 0 Å². The molecule has 6 heteroatoms. The van der Waals surface area contributed by atoms with Gasteiger partial charge in [-0.2, -0.15) is 0 Å². The fourth-order valence-corrected chi connectivity index (χ4v) is 3.54. The molecule has 0 aromatic heterocycles. The first-order valence-electron chi connectivity index (χ1n) is 7.57. The minimum atomic E-state index is -0.238. The van der Waals surface area contributed by atoms with Crippen molar-refractivity contribution in [3.05, 3.63) is 24.3 Å². The lowest BCUT2D eigenvalue weighted by Crippen LogP contribution is -2.37. The van der Waals surface area contributed by atoms with Gasteiger partial charge in [-0.3, -0.25) is 9.59 Å². The smallest absolute Gasteiger partial charge is 0.228 e. The van der Waals surface area contributed by atoms with Crippen LogP contribution in [0.3, 0.4) is 0 Å². The van der Waals surface area contributed by atoms with Gasteiger partial charge in [-0.05, 0) is 36.9 Å². The van der Waals surface area contributed by atoms with E-state index in [0.29, 0.717) is 26.1 Å².